The van der Waals surface area contributed by atoms with E-state index in [2.05, 4.69) is 5.10 Å². The second-order valence-electron chi connectivity index (χ2n) is 7.01. The second kappa shape index (κ2) is 8.00. The Hall–Kier alpha value is -3.26. The molecule has 0 spiro atoms. The van der Waals surface area contributed by atoms with Crippen LogP contribution in [0.4, 0.5) is 10.1 Å². The van der Waals surface area contributed by atoms with Gasteiger partial charge >= 0.3 is 0 Å². The van der Waals surface area contributed by atoms with E-state index in [4.69, 9.17) is 10.5 Å². The first kappa shape index (κ1) is 19.1. The van der Waals surface area contributed by atoms with E-state index < -0.39 is 11.9 Å². The summed E-state index contributed by atoms with van der Waals surface area (Å²) in [5.74, 6) is -1.10. The Labute approximate surface area is 167 Å². The number of rotatable bonds is 4. The first-order valence-electron chi connectivity index (χ1n) is 9.40. The van der Waals surface area contributed by atoms with Crippen molar-refractivity contribution in [3.05, 3.63) is 66.0 Å². The van der Waals surface area contributed by atoms with Gasteiger partial charge in [-0.2, -0.15) is 5.10 Å². The average molecular weight is 396 g/mol. The Morgan fingerprint density at radius 1 is 1.10 bits per heavy atom. The molecule has 4 rings (SSSR count). The summed E-state index contributed by atoms with van der Waals surface area (Å²) in [5.41, 5.74) is 7.34. The number of para-hydroxylation sites is 1. The number of ether oxygens (including phenoxy) is 1. The third kappa shape index (κ3) is 3.97. The minimum absolute atomic E-state index is 0.154. The van der Waals surface area contributed by atoms with E-state index in [9.17, 15) is 14.0 Å². The average Bonchev–Trinajstić information content (AvgIpc) is 3.20. The number of nitrogens with zero attached hydrogens (tertiary/aromatic N) is 3. The molecule has 0 saturated carbocycles. The minimum atomic E-state index is -0.703. The normalized spacial score (nSPS) is 21.8. The van der Waals surface area contributed by atoms with Crippen LogP contribution in [0, 0.1) is 5.82 Å². The molecule has 2 aliphatic rings. The van der Waals surface area contributed by atoms with E-state index in [1.54, 1.807) is 17.0 Å². The van der Waals surface area contributed by atoms with Crippen LogP contribution in [0.2, 0.25) is 0 Å². The number of amides is 2. The molecule has 7 nitrogen and oxygen atoms in total. The summed E-state index contributed by atoms with van der Waals surface area (Å²) >= 11 is 0. The van der Waals surface area contributed by atoms with Crippen molar-refractivity contribution in [1.29, 1.82) is 0 Å². The molecule has 2 N–H and O–H groups in total. The van der Waals surface area contributed by atoms with Crippen LogP contribution in [0.25, 0.3) is 0 Å². The van der Waals surface area contributed by atoms with Gasteiger partial charge in [0.05, 0.1) is 18.8 Å². The highest BCUT2D eigenvalue weighted by molar-refractivity contribution is 6.40. The molecule has 2 aliphatic heterocycles. The smallest absolute Gasteiger partial charge is 0.270 e. The zero-order valence-corrected chi connectivity index (χ0v) is 15.7. The number of anilines is 1. The first-order valence-corrected chi connectivity index (χ1v) is 9.40. The van der Waals surface area contributed by atoms with Gasteiger partial charge in [-0.3, -0.25) is 14.6 Å². The third-order valence-electron chi connectivity index (χ3n) is 5.10. The molecule has 2 unspecified atom stereocenters. The van der Waals surface area contributed by atoms with Crippen LogP contribution < -0.4 is 10.7 Å². The number of benzene rings is 2. The maximum absolute atomic E-state index is 13.2. The molecule has 0 radical (unpaired) electrons. The van der Waals surface area contributed by atoms with Crippen molar-refractivity contribution >= 4 is 23.2 Å². The Morgan fingerprint density at radius 3 is 2.52 bits per heavy atom. The quantitative estimate of drug-likeness (QED) is 0.854. The van der Waals surface area contributed by atoms with Gasteiger partial charge in [0, 0.05) is 13.0 Å². The lowest BCUT2D eigenvalue weighted by Crippen LogP contribution is -2.45. The van der Waals surface area contributed by atoms with Gasteiger partial charge < -0.3 is 15.4 Å². The van der Waals surface area contributed by atoms with Crippen molar-refractivity contribution in [3.63, 3.8) is 0 Å². The summed E-state index contributed by atoms with van der Waals surface area (Å²) in [6, 6.07) is 14.5. The summed E-state index contributed by atoms with van der Waals surface area (Å²) in [7, 11) is 0. The number of hydrazone groups is 1. The van der Waals surface area contributed by atoms with E-state index in [0.29, 0.717) is 25.4 Å². The van der Waals surface area contributed by atoms with Crippen molar-refractivity contribution < 1.29 is 18.7 Å². The predicted octanol–water partition coefficient (Wildman–Crippen LogP) is 1.85. The lowest BCUT2D eigenvalue weighted by Gasteiger charge is -2.33. The fourth-order valence-corrected chi connectivity index (χ4v) is 3.58. The number of morpholine rings is 1. The largest absolute Gasteiger partial charge is 0.370 e. The zero-order chi connectivity index (χ0) is 20.4. The maximum Gasteiger partial charge on any atom is 0.270 e. The second-order valence-corrected chi connectivity index (χ2v) is 7.01. The van der Waals surface area contributed by atoms with Crippen molar-refractivity contribution in [3.8, 4) is 0 Å². The number of hydrogen-bond acceptors (Lipinski definition) is 5. The molecular weight excluding hydrogens is 375 g/mol. The van der Waals surface area contributed by atoms with Crippen LogP contribution in [0.15, 0.2) is 59.7 Å². The summed E-state index contributed by atoms with van der Waals surface area (Å²) in [6.45, 7) is 1.11. The molecule has 150 valence electrons. The molecule has 1 fully saturated rings. The molecule has 2 aromatic carbocycles. The molecule has 0 aliphatic carbocycles. The van der Waals surface area contributed by atoms with Crippen LogP contribution >= 0.6 is 0 Å². The Morgan fingerprint density at radius 2 is 1.83 bits per heavy atom. The zero-order valence-electron chi connectivity index (χ0n) is 15.7. The van der Waals surface area contributed by atoms with Gasteiger partial charge in [0.25, 0.3) is 5.91 Å². The predicted molar refractivity (Wildman–Crippen MR) is 106 cm³/mol. The molecular formula is C21H21FN4O3. The summed E-state index contributed by atoms with van der Waals surface area (Å²) in [5, 5.41) is 5.92. The molecule has 0 aromatic heterocycles. The molecule has 1 saturated heterocycles. The number of halogens is 1. The Balaban J connectivity index is 1.52. The van der Waals surface area contributed by atoms with E-state index in [0.717, 1.165) is 5.56 Å². The summed E-state index contributed by atoms with van der Waals surface area (Å²) in [4.78, 5) is 26.7. The van der Waals surface area contributed by atoms with E-state index in [1.807, 2.05) is 30.3 Å². The fourth-order valence-electron chi connectivity index (χ4n) is 3.58. The van der Waals surface area contributed by atoms with Gasteiger partial charge in [0.1, 0.15) is 23.7 Å². The number of primary amides is 1. The number of carbonyl (C=O) groups is 2. The number of nitrogens with two attached hydrogens (primary N) is 1. The maximum atomic E-state index is 13.2. The molecule has 2 heterocycles. The van der Waals surface area contributed by atoms with Gasteiger partial charge in [-0.25, -0.2) is 4.39 Å². The van der Waals surface area contributed by atoms with Gasteiger partial charge in [0.2, 0.25) is 5.91 Å². The van der Waals surface area contributed by atoms with Crippen LogP contribution in [0.3, 0.4) is 0 Å². The Kier molecular flexibility index (Phi) is 5.26. The van der Waals surface area contributed by atoms with E-state index in [1.165, 1.54) is 17.1 Å². The van der Waals surface area contributed by atoms with Crippen molar-refractivity contribution in [1.82, 2.24) is 4.90 Å². The minimum Gasteiger partial charge on any atom is -0.370 e. The van der Waals surface area contributed by atoms with Gasteiger partial charge in [0.15, 0.2) is 0 Å². The summed E-state index contributed by atoms with van der Waals surface area (Å²) in [6.07, 6.45) is -0.186. The fraction of sp³-hybridized carbons (Fsp3) is 0.286. The van der Waals surface area contributed by atoms with Crippen LogP contribution in [0.5, 0.6) is 0 Å². The lowest BCUT2D eigenvalue weighted by molar-refractivity contribution is -0.131. The van der Waals surface area contributed by atoms with Crippen LogP contribution in [0.1, 0.15) is 18.1 Å². The molecule has 2 aromatic rings. The summed E-state index contributed by atoms with van der Waals surface area (Å²) < 4.78 is 18.9. The lowest BCUT2D eigenvalue weighted by atomic mass is 10.1. The van der Waals surface area contributed by atoms with Crippen LogP contribution in [-0.4, -0.2) is 48.2 Å². The van der Waals surface area contributed by atoms with Gasteiger partial charge in [-0.05, 0) is 29.8 Å². The van der Waals surface area contributed by atoms with Gasteiger partial charge in [-0.1, -0.05) is 30.3 Å². The SMILES string of the molecule is NC(=O)C1CC(C(=O)N2CCOC(c3ccc(F)cc3)C2)=NN1c1ccccc1. The standard InChI is InChI=1S/C21H21FN4O3/c22-15-8-6-14(7-9-15)19-13-25(10-11-29-19)21(28)17-12-18(20(23)27)26(24-17)16-4-2-1-3-5-16/h1-9,18-19H,10-13H2,(H2,23,27). The number of carbonyl (C=O) groups excluding carboxylic acids is 2. The molecule has 8 heteroatoms. The number of hydrogen-bond donors (Lipinski definition) is 1. The molecule has 29 heavy (non-hydrogen) atoms. The monoisotopic (exact) mass is 396 g/mol. The highest BCUT2D eigenvalue weighted by Crippen LogP contribution is 2.27. The van der Waals surface area contributed by atoms with Crippen LogP contribution in [-0.2, 0) is 14.3 Å². The molecule has 0 bridgehead atoms. The highest BCUT2D eigenvalue weighted by Gasteiger charge is 2.37. The van der Waals surface area contributed by atoms with Crippen molar-refractivity contribution in [2.24, 2.45) is 10.8 Å². The third-order valence-corrected chi connectivity index (χ3v) is 5.10. The van der Waals surface area contributed by atoms with Gasteiger partial charge in [-0.15, -0.1) is 0 Å². The first-order chi connectivity index (χ1) is 14.0. The van der Waals surface area contributed by atoms with Crippen molar-refractivity contribution in [2.75, 3.05) is 24.7 Å². The molecule has 2 amide bonds. The molecule has 2 atom stereocenters. The topological polar surface area (TPSA) is 88.2 Å². The van der Waals surface area contributed by atoms with E-state index in [-0.39, 0.29) is 30.0 Å². The highest BCUT2D eigenvalue weighted by atomic mass is 19.1. The van der Waals surface area contributed by atoms with Crippen molar-refractivity contribution in [2.45, 2.75) is 18.6 Å². The Bertz CT molecular complexity index is 933. The van der Waals surface area contributed by atoms with E-state index >= 15 is 0 Å².